The Morgan fingerprint density at radius 3 is 2.75 bits per heavy atom. The molecule has 3 aromatic rings. The van der Waals surface area contributed by atoms with Gasteiger partial charge in [0, 0.05) is 5.39 Å². The number of aromatic amines is 1. The Labute approximate surface area is 116 Å². The zero-order chi connectivity index (χ0) is 14.3. The molecule has 0 amide bonds. The zero-order valence-corrected chi connectivity index (χ0v) is 12.6. The van der Waals surface area contributed by atoms with E-state index in [1.165, 1.54) is 0 Å². The molecule has 2 aromatic heterocycles. The molecule has 0 aliphatic rings. The minimum Gasteiger partial charge on any atom is -0.449 e. The molecular formula is C15H14N2O2Si. The summed E-state index contributed by atoms with van der Waals surface area (Å²) >= 11 is 0. The maximum absolute atomic E-state index is 12.0. The predicted octanol–water partition coefficient (Wildman–Crippen LogP) is 2.90. The Balaban J connectivity index is 2.29. The number of benzene rings is 1. The predicted molar refractivity (Wildman–Crippen MR) is 82.4 cm³/mol. The van der Waals surface area contributed by atoms with Crippen LogP contribution in [-0.2, 0) is 0 Å². The Bertz CT molecular complexity index is 920. The van der Waals surface area contributed by atoms with Gasteiger partial charge in [0.1, 0.15) is 19.2 Å². The quantitative estimate of drug-likeness (QED) is 0.509. The van der Waals surface area contributed by atoms with Gasteiger partial charge in [-0.25, -0.2) is 4.98 Å². The first-order valence-electron chi connectivity index (χ1n) is 6.39. The molecule has 100 valence electrons. The lowest BCUT2D eigenvalue weighted by molar-refractivity contribution is 0.661. The summed E-state index contributed by atoms with van der Waals surface area (Å²) in [5, 5.41) is 0.838. The van der Waals surface area contributed by atoms with Crippen LogP contribution in [0.2, 0.25) is 19.6 Å². The second-order valence-electron chi connectivity index (χ2n) is 5.69. The monoisotopic (exact) mass is 282 g/mol. The summed E-state index contributed by atoms with van der Waals surface area (Å²) < 4.78 is 5.54. The van der Waals surface area contributed by atoms with Gasteiger partial charge in [-0.3, -0.25) is 9.78 Å². The van der Waals surface area contributed by atoms with E-state index in [0.29, 0.717) is 16.9 Å². The van der Waals surface area contributed by atoms with Crippen LogP contribution in [0.1, 0.15) is 5.82 Å². The van der Waals surface area contributed by atoms with Crippen LogP contribution in [-0.4, -0.2) is 18.0 Å². The van der Waals surface area contributed by atoms with Crippen molar-refractivity contribution in [1.29, 1.82) is 0 Å². The van der Waals surface area contributed by atoms with E-state index >= 15 is 0 Å². The molecule has 0 aliphatic carbocycles. The number of hydrogen-bond acceptors (Lipinski definition) is 3. The third kappa shape index (κ3) is 2.26. The van der Waals surface area contributed by atoms with Gasteiger partial charge < -0.3 is 4.42 Å². The van der Waals surface area contributed by atoms with Crippen molar-refractivity contribution in [2.75, 3.05) is 0 Å². The normalized spacial score (nSPS) is 11.6. The van der Waals surface area contributed by atoms with Crippen molar-refractivity contribution < 1.29 is 4.42 Å². The largest absolute Gasteiger partial charge is 0.449 e. The van der Waals surface area contributed by atoms with E-state index in [-0.39, 0.29) is 11.1 Å². The molecule has 0 radical (unpaired) electrons. The Hall–Kier alpha value is -2.32. The van der Waals surface area contributed by atoms with Crippen molar-refractivity contribution in [3.63, 3.8) is 0 Å². The molecule has 0 unspecified atom stereocenters. The smallest absolute Gasteiger partial charge is 0.295 e. The Morgan fingerprint density at radius 1 is 1.25 bits per heavy atom. The summed E-state index contributed by atoms with van der Waals surface area (Å²) in [6, 6.07) is 7.48. The molecule has 0 saturated carbocycles. The maximum atomic E-state index is 12.0. The van der Waals surface area contributed by atoms with Crippen molar-refractivity contribution in [3.05, 3.63) is 40.4 Å². The fraction of sp³-hybridized carbons (Fsp3) is 0.200. The van der Waals surface area contributed by atoms with Crippen molar-refractivity contribution >= 4 is 30.1 Å². The third-order valence-electron chi connectivity index (χ3n) is 2.79. The van der Waals surface area contributed by atoms with Crippen LogP contribution in [0.3, 0.4) is 0 Å². The number of aromatic nitrogens is 2. The molecule has 0 spiro atoms. The van der Waals surface area contributed by atoms with Crippen LogP contribution in [0, 0.1) is 11.5 Å². The first kappa shape index (κ1) is 12.7. The van der Waals surface area contributed by atoms with Crippen LogP contribution in [0.15, 0.2) is 33.5 Å². The number of para-hydroxylation sites is 1. The molecule has 5 heteroatoms. The highest BCUT2D eigenvalue weighted by atomic mass is 28.3. The van der Waals surface area contributed by atoms with Gasteiger partial charge in [-0.15, -0.1) is 5.54 Å². The summed E-state index contributed by atoms with van der Waals surface area (Å²) in [6.07, 6.45) is 0. The fourth-order valence-electron chi connectivity index (χ4n) is 1.91. The zero-order valence-electron chi connectivity index (χ0n) is 11.6. The van der Waals surface area contributed by atoms with Crippen molar-refractivity contribution in [2.24, 2.45) is 0 Å². The standard InChI is InChI=1S/C15H14N2O2Si/c1-20(2,3)9-8-12-16-13-10-6-4-5-7-11(10)19-14(13)15(18)17-12/h4-7H,1-3H3,(H,16,17,18). The molecule has 4 nitrogen and oxygen atoms in total. The first-order chi connectivity index (χ1) is 9.44. The first-order valence-corrected chi connectivity index (χ1v) is 9.89. The SMILES string of the molecule is C[Si](C)(C)C#Cc1nc2c(oc3ccccc32)c(=O)[nH]1. The summed E-state index contributed by atoms with van der Waals surface area (Å²) in [5.41, 5.74) is 4.40. The average molecular weight is 282 g/mol. The average Bonchev–Trinajstić information content (AvgIpc) is 2.75. The number of H-pyrrole nitrogens is 1. The summed E-state index contributed by atoms with van der Waals surface area (Å²) in [7, 11) is -1.51. The third-order valence-corrected chi connectivity index (χ3v) is 3.66. The van der Waals surface area contributed by atoms with E-state index in [1.807, 2.05) is 24.3 Å². The molecular weight excluding hydrogens is 268 g/mol. The number of nitrogens with zero attached hydrogens (tertiary/aromatic N) is 1. The lowest BCUT2D eigenvalue weighted by atomic mass is 10.2. The van der Waals surface area contributed by atoms with Crippen molar-refractivity contribution in [2.45, 2.75) is 19.6 Å². The number of furan rings is 1. The molecule has 3 rings (SSSR count). The van der Waals surface area contributed by atoms with E-state index in [9.17, 15) is 4.79 Å². The van der Waals surface area contributed by atoms with Gasteiger partial charge in [-0.1, -0.05) is 31.8 Å². The van der Waals surface area contributed by atoms with E-state index < -0.39 is 8.07 Å². The van der Waals surface area contributed by atoms with E-state index in [4.69, 9.17) is 4.42 Å². The van der Waals surface area contributed by atoms with Gasteiger partial charge in [-0.05, 0) is 18.1 Å². The van der Waals surface area contributed by atoms with Crippen molar-refractivity contribution in [1.82, 2.24) is 9.97 Å². The van der Waals surface area contributed by atoms with Crippen LogP contribution >= 0.6 is 0 Å². The van der Waals surface area contributed by atoms with E-state index in [0.717, 1.165) is 5.39 Å². The molecule has 0 saturated heterocycles. The van der Waals surface area contributed by atoms with Gasteiger partial charge in [0.2, 0.25) is 5.58 Å². The maximum Gasteiger partial charge on any atom is 0.295 e. The van der Waals surface area contributed by atoms with Gasteiger partial charge >= 0.3 is 0 Å². The Kier molecular flexibility index (Phi) is 2.77. The lowest BCUT2D eigenvalue weighted by Crippen LogP contribution is -2.17. The molecule has 1 aromatic carbocycles. The van der Waals surface area contributed by atoms with Crippen LogP contribution in [0.5, 0.6) is 0 Å². The van der Waals surface area contributed by atoms with Gasteiger partial charge in [0.05, 0.1) is 0 Å². The topological polar surface area (TPSA) is 58.9 Å². The summed E-state index contributed by atoms with van der Waals surface area (Å²) in [5.74, 6) is 3.37. The second-order valence-corrected chi connectivity index (χ2v) is 10.4. The van der Waals surface area contributed by atoms with Crippen LogP contribution in [0.4, 0.5) is 0 Å². The molecule has 0 atom stereocenters. The molecule has 0 fully saturated rings. The van der Waals surface area contributed by atoms with Gasteiger partial charge in [0.25, 0.3) is 5.56 Å². The molecule has 20 heavy (non-hydrogen) atoms. The van der Waals surface area contributed by atoms with Crippen molar-refractivity contribution in [3.8, 4) is 11.5 Å². The summed E-state index contributed by atoms with van der Waals surface area (Å²) in [4.78, 5) is 19.1. The number of rotatable bonds is 0. The minimum absolute atomic E-state index is 0.254. The van der Waals surface area contributed by atoms with Gasteiger partial charge in [-0.2, -0.15) is 0 Å². The minimum atomic E-state index is -1.51. The highest BCUT2D eigenvalue weighted by Crippen LogP contribution is 2.24. The number of hydrogen-bond donors (Lipinski definition) is 1. The lowest BCUT2D eigenvalue weighted by Gasteiger charge is -2.02. The Morgan fingerprint density at radius 2 is 2.00 bits per heavy atom. The molecule has 0 aliphatic heterocycles. The highest BCUT2D eigenvalue weighted by Gasteiger charge is 2.12. The van der Waals surface area contributed by atoms with Crippen LogP contribution < -0.4 is 5.56 Å². The highest BCUT2D eigenvalue weighted by molar-refractivity contribution is 6.83. The van der Waals surface area contributed by atoms with Crippen LogP contribution in [0.25, 0.3) is 22.1 Å². The molecule has 2 heterocycles. The number of nitrogens with one attached hydrogen (secondary N) is 1. The second kappa shape index (κ2) is 4.36. The molecule has 0 bridgehead atoms. The van der Waals surface area contributed by atoms with E-state index in [2.05, 4.69) is 41.1 Å². The number of fused-ring (bicyclic) bond motifs is 3. The fourth-order valence-corrected chi connectivity index (χ4v) is 2.40. The van der Waals surface area contributed by atoms with Gasteiger partial charge in [0.15, 0.2) is 5.82 Å². The molecule has 1 N–H and O–H groups in total. The summed E-state index contributed by atoms with van der Waals surface area (Å²) in [6.45, 7) is 6.43. The van der Waals surface area contributed by atoms with E-state index in [1.54, 1.807) is 0 Å².